The van der Waals surface area contributed by atoms with E-state index in [0.717, 1.165) is 6.42 Å². The summed E-state index contributed by atoms with van der Waals surface area (Å²) in [6.45, 7) is 1.97. The molecule has 0 radical (unpaired) electrons. The zero-order valence-corrected chi connectivity index (χ0v) is 10.7. The lowest BCUT2D eigenvalue weighted by atomic mass is 9.88. The highest BCUT2D eigenvalue weighted by molar-refractivity contribution is 7.92. The molecular formula is C13H18O3S. The second kappa shape index (κ2) is 4.78. The Hall–Kier alpha value is -0.870. The molecule has 0 unspecified atom stereocenters. The molecule has 1 aliphatic carbocycles. The zero-order chi connectivity index (χ0) is 12.5. The standard InChI is InChI=1S/C13H18O3S/c1-10-7-8-12(9-13(10)14)17(15,16)11-5-3-2-4-6-11/h2-6,10,12-14H,7-9H2,1H3/t10-,12+,13-/m1/s1. The number of aliphatic hydroxyl groups is 1. The van der Waals surface area contributed by atoms with Crippen LogP contribution in [-0.2, 0) is 9.84 Å². The van der Waals surface area contributed by atoms with Crippen molar-refractivity contribution in [2.24, 2.45) is 5.92 Å². The van der Waals surface area contributed by atoms with Crippen LogP contribution >= 0.6 is 0 Å². The van der Waals surface area contributed by atoms with Gasteiger partial charge in [-0.15, -0.1) is 0 Å². The van der Waals surface area contributed by atoms with E-state index in [1.54, 1.807) is 30.3 Å². The topological polar surface area (TPSA) is 54.4 Å². The van der Waals surface area contributed by atoms with E-state index < -0.39 is 21.2 Å². The van der Waals surface area contributed by atoms with E-state index in [-0.39, 0.29) is 5.92 Å². The molecule has 0 aliphatic heterocycles. The second-order valence-electron chi connectivity index (χ2n) is 4.84. The first-order valence-corrected chi connectivity index (χ1v) is 7.53. The minimum atomic E-state index is -3.28. The summed E-state index contributed by atoms with van der Waals surface area (Å²) in [5, 5.41) is 9.36. The maximum absolute atomic E-state index is 12.3. The third kappa shape index (κ3) is 2.53. The van der Waals surface area contributed by atoms with Crippen molar-refractivity contribution in [3.05, 3.63) is 30.3 Å². The lowest BCUT2D eigenvalue weighted by molar-refractivity contribution is 0.0806. The number of hydrogen-bond acceptors (Lipinski definition) is 3. The van der Waals surface area contributed by atoms with Gasteiger partial charge in [0.2, 0.25) is 0 Å². The SMILES string of the molecule is C[C@@H]1CC[C@H](S(=O)(=O)c2ccccc2)C[C@H]1O. The van der Waals surface area contributed by atoms with Gasteiger partial charge in [-0.3, -0.25) is 0 Å². The molecule has 0 saturated heterocycles. The lowest BCUT2D eigenvalue weighted by Crippen LogP contribution is -2.35. The van der Waals surface area contributed by atoms with E-state index in [9.17, 15) is 13.5 Å². The Morgan fingerprint density at radius 1 is 1.18 bits per heavy atom. The van der Waals surface area contributed by atoms with Crippen molar-refractivity contribution in [1.29, 1.82) is 0 Å². The van der Waals surface area contributed by atoms with Crippen LogP contribution < -0.4 is 0 Å². The fourth-order valence-corrected chi connectivity index (χ4v) is 4.16. The first kappa shape index (κ1) is 12.6. The Labute approximate surface area is 102 Å². The summed E-state index contributed by atoms with van der Waals surface area (Å²) in [5.41, 5.74) is 0. The van der Waals surface area contributed by atoms with E-state index in [1.165, 1.54) is 0 Å². The second-order valence-corrected chi connectivity index (χ2v) is 7.07. The van der Waals surface area contributed by atoms with Gasteiger partial charge in [0.25, 0.3) is 0 Å². The van der Waals surface area contributed by atoms with E-state index in [2.05, 4.69) is 0 Å². The monoisotopic (exact) mass is 254 g/mol. The maximum atomic E-state index is 12.3. The van der Waals surface area contributed by atoms with E-state index in [4.69, 9.17) is 0 Å². The van der Waals surface area contributed by atoms with Gasteiger partial charge in [-0.2, -0.15) is 0 Å². The summed E-state index contributed by atoms with van der Waals surface area (Å²) >= 11 is 0. The molecule has 0 bridgehead atoms. The smallest absolute Gasteiger partial charge is 0.181 e. The first-order chi connectivity index (χ1) is 8.01. The normalized spacial score (nSPS) is 30.1. The maximum Gasteiger partial charge on any atom is 0.181 e. The molecule has 1 aliphatic rings. The van der Waals surface area contributed by atoms with E-state index >= 15 is 0 Å². The molecule has 1 aromatic rings. The van der Waals surface area contributed by atoms with Crippen LogP contribution in [0.3, 0.4) is 0 Å². The lowest BCUT2D eigenvalue weighted by Gasteiger charge is -2.30. The molecule has 1 aromatic carbocycles. The molecule has 94 valence electrons. The number of rotatable bonds is 2. The minimum Gasteiger partial charge on any atom is -0.393 e. The Bertz CT molecular complexity index is 467. The van der Waals surface area contributed by atoms with Crippen LogP contribution in [0.2, 0.25) is 0 Å². The first-order valence-electron chi connectivity index (χ1n) is 5.99. The third-order valence-corrected chi connectivity index (χ3v) is 5.85. The summed E-state index contributed by atoms with van der Waals surface area (Å²) in [6, 6.07) is 8.51. The zero-order valence-electron chi connectivity index (χ0n) is 9.91. The minimum absolute atomic E-state index is 0.206. The average molecular weight is 254 g/mol. The van der Waals surface area contributed by atoms with Crippen molar-refractivity contribution >= 4 is 9.84 Å². The number of benzene rings is 1. The molecule has 2 rings (SSSR count). The Balaban J connectivity index is 2.23. The van der Waals surface area contributed by atoms with Crippen molar-refractivity contribution in [2.45, 2.75) is 42.4 Å². The van der Waals surface area contributed by atoms with Gasteiger partial charge in [-0.1, -0.05) is 25.1 Å². The third-order valence-electron chi connectivity index (χ3n) is 3.62. The van der Waals surface area contributed by atoms with Crippen molar-refractivity contribution in [3.63, 3.8) is 0 Å². The molecule has 1 saturated carbocycles. The number of aliphatic hydroxyl groups excluding tert-OH is 1. The average Bonchev–Trinajstić information content (AvgIpc) is 2.33. The van der Waals surface area contributed by atoms with Crippen molar-refractivity contribution < 1.29 is 13.5 Å². The van der Waals surface area contributed by atoms with Gasteiger partial charge in [0.1, 0.15) is 0 Å². The predicted octanol–water partition coefficient (Wildman–Crippen LogP) is 2.01. The van der Waals surface area contributed by atoms with Crippen LogP contribution in [0.25, 0.3) is 0 Å². The van der Waals surface area contributed by atoms with Gasteiger partial charge in [-0.25, -0.2) is 8.42 Å². The van der Waals surface area contributed by atoms with Crippen molar-refractivity contribution in [1.82, 2.24) is 0 Å². The fraction of sp³-hybridized carbons (Fsp3) is 0.538. The largest absolute Gasteiger partial charge is 0.393 e. The van der Waals surface area contributed by atoms with Crippen molar-refractivity contribution in [2.75, 3.05) is 0 Å². The molecule has 3 nitrogen and oxygen atoms in total. The van der Waals surface area contributed by atoms with Gasteiger partial charge >= 0.3 is 0 Å². The Morgan fingerprint density at radius 3 is 2.41 bits per heavy atom. The van der Waals surface area contributed by atoms with Crippen LogP contribution in [0.4, 0.5) is 0 Å². The summed E-state index contributed by atoms with van der Waals surface area (Å²) in [5.74, 6) is 0.206. The molecule has 0 amide bonds. The van der Waals surface area contributed by atoms with Gasteiger partial charge in [-0.05, 0) is 37.3 Å². The van der Waals surface area contributed by atoms with Crippen LogP contribution in [0.5, 0.6) is 0 Å². The Morgan fingerprint density at radius 2 is 1.82 bits per heavy atom. The molecule has 4 heteroatoms. The summed E-state index contributed by atoms with van der Waals surface area (Å²) < 4.78 is 24.7. The van der Waals surface area contributed by atoms with Gasteiger partial charge in [0, 0.05) is 0 Å². The summed E-state index contributed by atoms with van der Waals surface area (Å²) in [7, 11) is -3.28. The highest BCUT2D eigenvalue weighted by Gasteiger charge is 2.35. The number of sulfone groups is 1. The fourth-order valence-electron chi connectivity index (χ4n) is 2.35. The Kier molecular flexibility index (Phi) is 3.54. The molecule has 0 aromatic heterocycles. The van der Waals surface area contributed by atoms with Crippen LogP contribution in [-0.4, -0.2) is 24.9 Å². The van der Waals surface area contributed by atoms with Crippen molar-refractivity contribution in [3.8, 4) is 0 Å². The van der Waals surface area contributed by atoms with Crippen LogP contribution in [0.15, 0.2) is 35.2 Å². The van der Waals surface area contributed by atoms with E-state index in [0.29, 0.717) is 17.7 Å². The summed E-state index contributed by atoms with van der Waals surface area (Å²) in [6.07, 6.45) is 1.29. The molecular weight excluding hydrogens is 236 g/mol. The van der Waals surface area contributed by atoms with Crippen LogP contribution in [0, 0.1) is 5.92 Å². The van der Waals surface area contributed by atoms with E-state index in [1.807, 2.05) is 6.92 Å². The molecule has 0 heterocycles. The highest BCUT2D eigenvalue weighted by Crippen LogP contribution is 2.31. The summed E-state index contributed by atoms with van der Waals surface area (Å²) in [4.78, 5) is 0.367. The van der Waals surface area contributed by atoms with Gasteiger partial charge in [0.15, 0.2) is 9.84 Å². The molecule has 0 spiro atoms. The predicted molar refractivity (Wildman–Crippen MR) is 66.4 cm³/mol. The molecule has 1 N–H and O–H groups in total. The molecule has 17 heavy (non-hydrogen) atoms. The number of hydrogen-bond donors (Lipinski definition) is 1. The quantitative estimate of drug-likeness (QED) is 0.878. The molecule has 1 fully saturated rings. The molecule has 3 atom stereocenters. The van der Waals surface area contributed by atoms with Gasteiger partial charge < -0.3 is 5.11 Å². The van der Waals surface area contributed by atoms with Crippen LogP contribution in [0.1, 0.15) is 26.2 Å². The highest BCUT2D eigenvalue weighted by atomic mass is 32.2. The van der Waals surface area contributed by atoms with Gasteiger partial charge in [0.05, 0.1) is 16.2 Å².